The summed E-state index contributed by atoms with van der Waals surface area (Å²) in [6, 6.07) is 7.97. The third kappa shape index (κ3) is 5.12. The number of thiocarbonyl (C=S) groups is 1. The predicted molar refractivity (Wildman–Crippen MR) is 111 cm³/mol. The first-order valence-corrected chi connectivity index (χ1v) is 9.19. The Bertz CT molecular complexity index is 843. The minimum Gasteiger partial charge on any atom is -0.331 e. The van der Waals surface area contributed by atoms with Gasteiger partial charge < -0.3 is 10.6 Å². The van der Waals surface area contributed by atoms with Crippen LogP contribution in [0.25, 0.3) is 0 Å². The molecule has 8 heteroatoms. The van der Waals surface area contributed by atoms with Crippen molar-refractivity contribution in [2.45, 2.75) is 39.7 Å². The van der Waals surface area contributed by atoms with Crippen LogP contribution in [0.15, 0.2) is 29.3 Å². The molecule has 136 valence electrons. The molecule has 1 aromatic heterocycles. The van der Waals surface area contributed by atoms with E-state index in [0.717, 1.165) is 35.5 Å². The molecule has 0 amide bonds. The summed E-state index contributed by atoms with van der Waals surface area (Å²) in [5, 5.41) is 10.4. The van der Waals surface area contributed by atoms with Gasteiger partial charge in [-0.2, -0.15) is 0 Å². The zero-order chi connectivity index (χ0) is 18.7. The molecule has 6 nitrogen and oxygen atoms in total. The van der Waals surface area contributed by atoms with Crippen LogP contribution in [0.3, 0.4) is 0 Å². The van der Waals surface area contributed by atoms with E-state index in [0.29, 0.717) is 28.1 Å². The standard InChI is InChI=1S/C18H21ClN6S/c1-10-5-4-6-14(15(10)19)23-18(26)25-17(22-13-7-8-13)24-16-20-11(2)9-12(3)21-16/h4-6,9,13H,7-8H2,1-3H3,(H3,20,21,22,23,24,25,26). The number of hydrogen-bond donors (Lipinski definition) is 3. The maximum absolute atomic E-state index is 6.32. The number of nitrogens with zero attached hydrogens (tertiary/aromatic N) is 3. The molecule has 1 fully saturated rings. The second kappa shape index (κ2) is 7.97. The fourth-order valence-corrected chi connectivity index (χ4v) is 2.75. The van der Waals surface area contributed by atoms with Gasteiger partial charge in [-0.3, -0.25) is 5.32 Å². The molecule has 0 radical (unpaired) electrons. The number of guanidine groups is 1. The lowest BCUT2D eigenvalue weighted by atomic mass is 10.2. The van der Waals surface area contributed by atoms with Crippen molar-refractivity contribution >= 4 is 46.5 Å². The minimum atomic E-state index is 0.307. The van der Waals surface area contributed by atoms with Crippen molar-refractivity contribution in [2.75, 3.05) is 10.6 Å². The highest BCUT2D eigenvalue weighted by molar-refractivity contribution is 7.80. The largest absolute Gasteiger partial charge is 0.331 e. The van der Waals surface area contributed by atoms with E-state index in [2.05, 4.69) is 30.9 Å². The van der Waals surface area contributed by atoms with Crippen molar-refractivity contribution < 1.29 is 0 Å². The summed E-state index contributed by atoms with van der Waals surface area (Å²) in [7, 11) is 0. The van der Waals surface area contributed by atoms with E-state index in [1.54, 1.807) is 0 Å². The van der Waals surface area contributed by atoms with E-state index in [1.807, 2.05) is 45.0 Å². The third-order valence-electron chi connectivity index (χ3n) is 3.74. The van der Waals surface area contributed by atoms with Gasteiger partial charge in [-0.15, -0.1) is 0 Å². The van der Waals surface area contributed by atoms with Crippen LogP contribution >= 0.6 is 23.8 Å². The lowest BCUT2D eigenvalue weighted by Crippen LogP contribution is -2.39. The number of hydrogen-bond acceptors (Lipinski definition) is 4. The van der Waals surface area contributed by atoms with E-state index in [1.165, 1.54) is 0 Å². The van der Waals surface area contributed by atoms with Crippen LogP contribution in [0.2, 0.25) is 5.02 Å². The van der Waals surface area contributed by atoms with Crippen molar-refractivity contribution in [1.82, 2.24) is 15.3 Å². The van der Waals surface area contributed by atoms with Crippen molar-refractivity contribution in [3.63, 3.8) is 0 Å². The molecule has 0 spiro atoms. The number of aromatic nitrogens is 2. The Morgan fingerprint density at radius 3 is 2.50 bits per heavy atom. The first-order chi connectivity index (χ1) is 12.4. The second-order valence-corrected chi connectivity index (χ2v) is 7.11. The fourth-order valence-electron chi connectivity index (χ4n) is 2.37. The van der Waals surface area contributed by atoms with E-state index in [4.69, 9.17) is 23.8 Å². The quantitative estimate of drug-likeness (QED) is 0.419. The van der Waals surface area contributed by atoms with Crippen LogP contribution in [0.4, 0.5) is 11.6 Å². The van der Waals surface area contributed by atoms with Gasteiger partial charge in [0.25, 0.3) is 0 Å². The Balaban J connectivity index is 1.72. The highest BCUT2D eigenvalue weighted by Gasteiger charge is 2.22. The summed E-state index contributed by atoms with van der Waals surface area (Å²) in [5.41, 5.74) is 3.50. The van der Waals surface area contributed by atoms with Gasteiger partial charge in [-0.25, -0.2) is 15.0 Å². The molecule has 1 saturated carbocycles. The van der Waals surface area contributed by atoms with Crippen molar-refractivity contribution in [1.29, 1.82) is 0 Å². The molecule has 1 aromatic carbocycles. The first kappa shape index (κ1) is 18.5. The third-order valence-corrected chi connectivity index (χ3v) is 4.45. The van der Waals surface area contributed by atoms with Gasteiger partial charge >= 0.3 is 0 Å². The molecule has 0 aliphatic heterocycles. The predicted octanol–water partition coefficient (Wildman–Crippen LogP) is 3.97. The Morgan fingerprint density at radius 1 is 1.15 bits per heavy atom. The molecule has 1 aliphatic carbocycles. The average molecular weight is 389 g/mol. The maximum Gasteiger partial charge on any atom is 0.229 e. The van der Waals surface area contributed by atoms with Gasteiger partial charge in [0.1, 0.15) is 0 Å². The van der Waals surface area contributed by atoms with Gasteiger partial charge in [0.15, 0.2) is 5.11 Å². The topological polar surface area (TPSA) is 74.2 Å². The number of benzene rings is 1. The Kier molecular flexibility index (Phi) is 5.68. The summed E-state index contributed by atoms with van der Waals surface area (Å²) in [4.78, 5) is 13.4. The molecule has 0 atom stereocenters. The van der Waals surface area contributed by atoms with Crippen molar-refractivity contribution in [3.8, 4) is 0 Å². The maximum atomic E-state index is 6.32. The van der Waals surface area contributed by atoms with Crippen LogP contribution in [-0.2, 0) is 0 Å². The van der Waals surface area contributed by atoms with Gasteiger partial charge in [0.05, 0.1) is 16.8 Å². The number of aliphatic imine (C=N–C) groups is 1. The van der Waals surface area contributed by atoms with Crippen LogP contribution in [0.1, 0.15) is 29.8 Å². The molecule has 3 rings (SSSR count). The van der Waals surface area contributed by atoms with Gasteiger partial charge in [0.2, 0.25) is 11.9 Å². The minimum absolute atomic E-state index is 0.307. The Labute approximate surface area is 163 Å². The van der Waals surface area contributed by atoms with E-state index in [9.17, 15) is 0 Å². The molecule has 0 unspecified atom stereocenters. The number of nitrogens with one attached hydrogen (secondary N) is 3. The SMILES string of the molecule is Cc1cc(C)nc(NC(=NC2CC2)NC(=S)Nc2cccc(C)c2Cl)n1. The summed E-state index contributed by atoms with van der Waals surface area (Å²) in [5.74, 6) is 1.02. The highest BCUT2D eigenvalue weighted by Crippen LogP contribution is 2.25. The van der Waals surface area contributed by atoms with E-state index >= 15 is 0 Å². The van der Waals surface area contributed by atoms with Gasteiger partial charge in [0, 0.05) is 11.4 Å². The molecular formula is C18H21ClN6S. The summed E-state index contributed by atoms with van der Waals surface area (Å²) < 4.78 is 0. The van der Waals surface area contributed by atoms with Crippen LogP contribution in [-0.4, -0.2) is 27.1 Å². The summed E-state index contributed by atoms with van der Waals surface area (Å²) >= 11 is 11.7. The summed E-state index contributed by atoms with van der Waals surface area (Å²) in [6.07, 6.45) is 2.15. The Hall–Kier alpha value is -2.25. The summed E-state index contributed by atoms with van der Waals surface area (Å²) in [6.45, 7) is 5.80. The highest BCUT2D eigenvalue weighted by atomic mass is 35.5. The van der Waals surface area contributed by atoms with Gasteiger partial charge in [-0.05, 0) is 63.5 Å². The molecule has 0 bridgehead atoms. The van der Waals surface area contributed by atoms with Crippen molar-refractivity contribution in [2.24, 2.45) is 4.99 Å². The monoisotopic (exact) mass is 388 g/mol. The fraction of sp³-hybridized carbons (Fsp3) is 0.333. The van der Waals surface area contributed by atoms with E-state index < -0.39 is 0 Å². The Morgan fingerprint density at radius 2 is 1.85 bits per heavy atom. The molecule has 2 aromatic rings. The lowest BCUT2D eigenvalue weighted by molar-refractivity contribution is 1.02. The molecule has 1 heterocycles. The first-order valence-electron chi connectivity index (χ1n) is 8.41. The molecule has 0 saturated heterocycles. The zero-order valence-corrected chi connectivity index (χ0v) is 16.5. The number of anilines is 2. The molecule has 26 heavy (non-hydrogen) atoms. The van der Waals surface area contributed by atoms with E-state index in [-0.39, 0.29) is 0 Å². The second-order valence-electron chi connectivity index (χ2n) is 6.32. The molecular weight excluding hydrogens is 368 g/mol. The number of rotatable bonds is 3. The normalized spacial score (nSPS) is 14.1. The van der Waals surface area contributed by atoms with Crippen LogP contribution in [0, 0.1) is 20.8 Å². The smallest absolute Gasteiger partial charge is 0.229 e. The molecule has 1 aliphatic rings. The number of halogens is 1. The van der Waals surface area contributed by atoms with Crippen molar-refractivity contribution in [3.05, 3.63) is 46.2 Å². The van der Waals surface area contributed by atoms with Crippen LogP contribution < -0.4 is 16.0 Å². The zero-order valence-electron chi connectivity index (χ0n) is 14.9. The average Bonchev–Trinajstić information content (AvgIpc) is 3.34. The van der Waals surface area contributed by atoms with Crippen LogP contribution in [0.5, 0.6) is 0 Å². The lowest BCUT2D eigenvalue weighted by Gasteiger charge is -2.15. The number of aryl methyl sites for hydroxylation is 3. The van der Waals surface area contributed by atoms with Gasteiger partial charge in [-0.1, -0.05) is 23.7 Å². The molecule has 3 N–H and O–H groups in total.